The number of hydrogen-bond acceptors (Lipinski definition) is 4. The molecular weight excluding hydrogens is 383 g/mol. The Morgan fingerprint density at radius 1 is 0.643 bits per heavy atom. The predicted molar refractivity (Wildman–Crippen MR) is 114 cm³/mol. The first-order valence-electron chi connectivity index (χ1n) is 11.6. The van der Waals surface area contributed by atoms with Crippen LogP contribution in [-0.4, -0.2) is 29.9 Å². The quantitative estimate of drug-likeness (QED) is 0.173. The third-order valence-corrected chi connectivity index (χ3v) is 6.09. The molecular formula is C22H45NaO4S. The molecule has 0 rings (SSSR count). The fraction of sp³-hybridized carbons (Fsp3) is 1.00. The first-order valence-corrected chi connectivity index (χ1v) is 13.1. The maximum atomic E-state index is 10.5. The zero-order chi connectivity index (χ0) is 20.2. The summed E-state index contributed by atoms with van der Waals surface area (Å²) in [5, 5.41) is 9.67. The Morgan fingerprint density at radius 2 is 0.964 bits per heavy atom. The Kier molecular flexibility index (Phi) is 25.0. The van der Waals surface area contributed by atoms with Crippen LogP contribution in [0, 0.1) is 0 Å². The molecule has 0 fully saturated rings. The van der Waals surface area contributed by atoms with E-state index in [1.807, 2.05) is 0 Å². The van der Waals surface area contributed by atoms with Crippen LogP contribution in [0.4, 0.5) is 0 Å². The largest absolute Gasteiger partial charge is 1.00 e. The van der Waals surface area contributed by atoms with Crippen LogP contribution in [-0.2, 0) is 10.1 Å². The standard InChI is InChI=1S/C22H46O4S.Na/c1-2-19-22(23)20-17-15-13-11-9-7-5-3-4-6-8-10-12-14-16-18-21-27(24,25)26;/h22-23H,2-21H2,1H3,(H,24,25,26);/q;+1/p-1. The molecule has 4 nitrogen and oxygen atoms in total. The molecule has 6 heteroatoms. The first-order chi connectivity index (χ1) is 13.0. The minimum atomic E-state index is -4.01. The maximum Gasteiger partial charge on any atom is 1.00 e. The molecule has 0 aromatic carbocycles. The fourth-order valence-corrected chi connectivity index (χ4v) is 4.17. The number of rotatable bonds is 21. The summed E-state index contributed by atoms with van der Waals surface area (Å²) >= 11 is 0. The van der Waals surface area contributed by atoms with E-state index >= 15 is 0 Å². The molecule has 1 atom stereocenters. The van der Waals surface area contributed by atoms with Gasteiger partial charge in [0.1, 0.15) is 0 Å². The van der Waals surface area contributed by atoms with Crippen molar-refractivity contribution in [2.75, 3.05) is 5.75 Å². The third kappa shape index (κ3) is 26.9. The van der Waals surface area contributed by atoms with E-state index in [9.17, 15) is 18.1 Å². The molecule has 0 saturated carbocycles. The van der Waals surface area contributed by atoms with Crippen LogP contribution < -0.4 is 29.6 Å². The van der Waals surface area contributed by atoms with E-state index in [0.29, 0.717) is 6.42 Å². The minimum Gasteiger partial charge on any atom is -0.748 e. The van der Waals surface area contributed by atoms with Gasteiger partial charge in [0, 0.05) is 5.75 Å². The van der Waals surface area contributed by atoms with Gasteiger partial charge in [-0.1, -0.05) is 110 Å². The summed E-state index contributed by atoms with van der Waals surface area (Å²) in [6.07, 6.45) is 22.3. The van der Waals surface area contributed by atoms with Crippen LogP contribution in [0.5, 0.6) is 0 Å². The molecule has 0 bridgehead atoms. The van der Waals surface area contributed by atoms with Crippen molar-refractivity contribution in [3.05, 3.63) is 0 Å². The number of hydrogen-bond donors (Lipinski definition) is 1. The zero-order valence-electron chi connectivity index (χ0n) is 18.8. The predicted octanol–water partition coefficient (Wildman–Crippen LogP) is 3.33. The average molecular weight is 429 g/mol. The fourth-order valence-electron chi connectivity index (χ4n) is 3.61. The maximum absolute atomic E-state index is 10.5. The Balaban J connectivity index is 0. The normalized spacial score (nSPS) is 12.7. The molecule has 0 aliphatic carbocycles. The molecule has 0 radical (unpaired) electrons. The van der Waals surface area contributed by atoms with Gasteiger partial charge < -0.3 is 9.66 Å². The van der Waals surface area contributed by atoms with Crippen molar-refractivity contribution < 1.29 is 47.6 Å². The van der Waals surface area contributed by atoms with Crippen molar-refractivity contribution in [2.45, 2.75) is 135 Å². The summed E-state index contributed by atoms with van der Waals surface area (Å²) < 4.78 is 31.4. The second-order valence-electron chi connectivity index (χ2n) is 8.15. The van der Waals surface area contributed by atoms with Crippen molar-refractivity contribution in [3.63, 3.8) is 0 Å². The smallest absolute Gasteiger partial charge is 0.748 e. The van der Waals surface area contributed by atoms with Gasteiger partial charge in [-0.15, -0.1) is 0 Å². The Labute approximate surface area is 197 Å². The summed E-state index contributed by atoms with van der Waals surface area (Å²) in [5.41, 5.74) is 0. The SMILES string of the molecule is CCCC(O)CCCCCCCCCCCCCCCCCCS(=O)(=O)[O-].[Na+]. The number of unbranched alkanes of at least 4 members (excludes halogenated alkanes) is 15. The number of aliphatic hydroxyl groups excluding tert-OH is 1. The molecule has 0 spiro atoms. The Hall–Kier alpha value is 0.870. The van der Waals surface area contributed by atoms with E-state index in [0.717, 1.165) is 38.5 Å². The molecule has 0 aromatic heterocycles. The summed E-state index contributed by atoms with van der Waals surface area (Å²) in [6.45, 7) is 2.13. The van der Waals surface area contributed by atoms with Gasteiger partial charge in [0.05, 0.1) is 16.2 Å². The molecule has 1 unspecified atom stereocenters. The van der Waals surface area contributed by atoms with Crippen molar-refractivity contribution in [1.82, 2.24) is 0 Å². The number of aliphatic hydroxyl groups is 1. The average Bonchev–Trinajstić information content (AvgIpc) is 2.60. The van der Waals surface area contributed by atoms with E-state index in [4.69, 9.17) is 0 Å². The van der Waals surface area contributed by atoms with Gasteiger partial charge in [-0.3, -0.25) is 0 Å². The summed E-state index contributed by atoms with van der Waals surface area (Å²) in [6, 6.07) is 0. The molecule has 0 heterocycles. The van der Waals surface area contributed by atoms with E-state index in [2.05, 4.69) is 6.92 Å². The minimum absolute atomic E-state index is 0. The summed E-state index contributed by atoms with van der Waals surface area (Å²) in [7, 11) is -4.01. The molecule has 0 aliphatic rings. The van der Waals surface area contributed by atoms with Crippen molar-refractivity contribution in [3.8, 4) is 0 Å². The third-order valence-electron chi connectivity index (χ3n) is 5.30. The van der Waals surface area contributed by atoms with Crippen LogP contribution >= 0.6 is 0 Å². The molecule has 0 aliphatic heterocycles. The van der Waals surface area contributed by atoms with Crippen LogP contribution in [0.3, 0.4) is 0 Å². The van der Waals surface area contributed by atoms with Crippen LogP contribution in [0.2, 0.25) is 0 Å². The topological polar surface area (TPSA) is 77.4 Å². The molecule has 0 amide bonds. The first kappa shape index (κ1) is 31.1. The van der Waals surface area contributed by atoms with E-state index in [-0.39, 0.29) is 41.4 Å². The van der Waals surface area contributed by atoms with Crippen molar-refractivity contribution in [2.24, 2.45) is 0 Å². The monoisotopic (exact) mass is 428 g/mol. The van der Waals surface area contributed by atoms with Crippen LogP contribution in [0.15, 0.2) is 0 Å². The molecule has 1 N–H and O–H groups in total. The zero-order valence-corrected chi connectivity index (χ0v) is 21.6. The van der Waals surface area contributed by atoms with Gasteiger partial charge in [-0.2, -0.15) is 0 Å². The summed E-state index contributed by atoms with van der Waals surface area (Å²) in [5.74, 6) is -0.199. The molecule has 164 valence electrons. The summed E-state index contributed by atoms with van der Waals surface area (Å²) in [4.78, 5) is 0. The van der Waals surface area contributed by atoms with E-state index in [1.54, 1.807) is 0 Å². The van der Waals surface area contributed by atoms with Gasteiger partial charge in [0.25, 0.3) is 0 Å². The molecule has 0 saturated heterocycles. The Morgan fingerprint density at radius 3 is 1.29 bits per heavy atom. The van der Waals surface area contributed by atoms with Gasteiger partial charge in [-0.05, 0) is 19.3 Å². The van der Waals surface area contributed by atoms with Crippen molar-refractivity contribution in [1.29, 1.82) is 0 Å². The van der Waals surface area contributed by atoms with Crippen molar-refractivity contribution >= 4 is 10.1 Å². The second kappa shape index (κ2) is 22.6. The molecule has 0 aromatic rings. The van der Waals surface area contributed by atoms with Gasteiger partial charge in [-0.25, -0.2) is 8.42 Å². The van der Waals surface area contributed by atoms with Crippen LogP contribution in [0.1, 0.15) is 129 Å². The van der Waals surface area contributed by atoms with E-state index in [1.165, 1.54) is 77.0 Å². The Bertz CT molecular complexity index is 401. The molecule has 28 heavy (non-hydrogen) atoms. The van der Waals surface area contributed by atoms with Crippen LogP contribution in [0.25, 0.3) is 0 Å². The van der Waals surface area contributed by atoms with E-state index < -0.39 is 10.1 Å². The second-order valence-corrected chi connectivity index (χ2v) is 9.67. The van der Waals surface area contributed by atoms with Gasteiger partial charge in [0.2, 0.25) is 0 Å². The van der Waals surface area contributed by atoms with Gasteiger partial charge in [0.15, 0.2) is 0 Å². The van der Waals surface area contributed by atoms with Gasteiger partial charge >= 0.3 is 29.6 Å².